The summed E-state index contributed by atoms with van der Waals surface area (Å²) in [6, 6.07) is 13.5. The lowest BCUT2D eigenvalue weighted by Crippen LogP contribution is -2.17. The van der Waals surface area contributed by atoms with Crippen LogP contribution in [0.1, 0.15) is 41.9 Å². The average molecular weight is 431 g/mol. The number of aryl methyl sites for hydroxylation is 1. The number of carboxylic acid groups (broad SMARTS) is 1. The Kier molecular flexibility index (Phi) is 7.59. The van der Waals surface area contributed by atoms with Crippen molar-refractivity contribution in [1.82, 2.24) is 10.3 Å². The van der Waals surface area contributed by atoms with Crippen molar-refractivity contribution in [1.29, 1.82) is 0 Å². The molecule has 0 saturated carbocycles. The van der Waals surface area contributed by atoms with Crippen LogP contribution < -0.4 is 5.32 Å². The molecule has 0 radical (unpaired) electrons. The van der Waals surface area contributed by atoms with Gasteiger partial charge in [-0.1, -0.05) is 30.7 Å². The summed E-state index contributed by atoms with van der Waals surface area (Å²) in [7, 11) is -3.60. The highest BCUT2D eigenvalue weighted by molar-refractivity contribution is 7.91. The third kappa shape index (κ3) is 5.90. The van der Waals surface area contributed by atoms with Gasteiger partial charge in [-0.25, -0.2) is 18.2 Å². The molecule has 3 aromatic rings. The molecule has 160 valence electrons. The number of nitrogens with one attached hydrogen (secondary N) is 1. The number of nitrogens with zero attached hydrogens (tertiary/aromatic N) is 1. The Balaban J connectivity index is 1.30. The Labute approximate surface area is 176 Å². The molecule has 0 fully saturated rings. The molecule has 3 rings (SSSR count). The molecule has 0 aliphatic carbocycles. The number of sulfone groups is 1. The number of oxazole rings is 1. The van der Waals surface area contributed by atoms with E-state index < -0.39 is 15.8 Å². The Morgan fingerprint density at radius 2 is 1.70 bits per heavy atom. The van der Waals surface area contributed by atoms with Gasteiger partial charge in [-0.2, -0.15) is 0 Å². The largest absolute Gasteiger partial charge is 0.478 e. The van der Waals surface area contributed by atoms with Gasteiger partial charge in [-0.15, -0.1) is 0 Å². The monoisotopic (exact) mass is 430 g/mol. The van der Waals surface area contributed by atoms with Gasteiger partial charge in [0.1, 0.15) is 5.52 Å². The lowest BCUT2D eigenvalue weighted by Gasteiger charge is -2.08. The second kappa shape index (κ2) is 10.4. The number of para-hydroxylation sites is 2. The van der Waals surface area contributed by atoms with E-state index in [-0.39, 0.29) is 16.2 Å². The molecule has 2 N–H and O–H groups in total. The maximum atomic E-state index is 12.4. The maximum Gasteiger partial charge on any atom is 0.337 e. The molecule has 1 aromatic heterocycles. The summed E-state index contributed by atoms with van der Waals surface area (Å²) in [6.07, 6.45) is 3.79. The number of hydrogen-bond donors (Lipinski definition) is 2. The first-order valence-corrected chi connectivity index (χ1v) is 11.7. The molecule has 2 aromatic carbocycles. The van der Waals surface area contributed by atoms with Crippen molar-refractivity contribution in [2.75, 3.05) is 18.8 Å². The number of hydrogen-bond acceptors (Lipinski definition) is 6. The first-order chi connectivity index (χ1) is 14.5. The fourth-order valence-corrected chi connectivity index (χ4v) is 4.84. The zero-order valence-electron chi connectivity index (χ0n) is 16.7. The standard InChI is InChI=1S/C22H26N2O5S/c25-22(26)17-9-2-5-12-20(17)30(27,28)16-7-1-6-14-23-15-8-13-21-24-18-10-3-4-11-19(18)29-21/h2-5,9-12,23H,1,6-8,13-16H2,(H,25,26). The number of carbonyl (C=O) groups is 1. The van der Waals surface area contributed by atoms with E-state index in [0.717, 1.165) is 55.8 Å². The number of fused-ring (bicyclic) bond motifs is 1. The van der Waals surface area contributed by atoms with Crippen LogP contribution in [0.25, 0.3) is 11.1 Å². The summed E-state index contributed by atoms with van der Waals surface area (Å²) >= 11 is 0. The summed E-state index contributed by atoms with van der Waals surface area (Å²) in [4.78, 5) is 15.6. The van der Waals surface area contributed by atoms with Crippen LogP contribution in [-0.4, -0.2) is 43.3 Å². The van der Waals surface area contributed by atoms with Crippen molar-refractivity contribution in [3.8, 4) is 0 Å². The smallest absolute Gasteiger partial charge is 0.337 e. The fourth-order valence-electron chi connectivity index (χ4n) is 3.26. The minimum Gasteiger partial charge on any atom is -0.478 e. The van der Waals surface area contributed by atoms with Crippen LogP contribution in [0.2, 0.25) is 0 Å². The van der Waals surface area contributed by atoms with Crippen molar-refractivity contribution in [2.45, 2.75) is 37.0 Å². The lowest BCUT2D eigenvalue weighted by molar-refractivity contribution is 0.0692. The molecular formula is C22H26N2O5S. The zero-order valence-corrected chi connectivity index (χ0v) is 17.5. The van der Waals surface area contributed by atoms with Crippen LogP contribution in [0.4, 0.5) is 0 Å². The molecular weight excluding hydrogens is 404 g/mol. The number of rotatable bonds is 12. The second-order valence-electron chi connectivity index (χ2n) is 7.11. The Hall–Kier alpha value is -2.71. The van der Waals surface area contributed by atoms with Crippen LogP contribution in [0.5, 0.6) is 0 Å². The minimum absolute atomic E-state index is 0.0466. The molecule has 0 atom stereocenters. The SMILES string of the molecule is O=C(O)c1ccccc1S(=O)(=O)CCCCCNCCCc1nc2ccccc2o1. The van der Waals surface area contributed by atoms with Crippen LogP contribution in [0.15, 0.2) is 57.8 Å². The van der Waals surface area contributed by atoms with Gasteiger partial charge >= 0.3 is 5.97 Å². The van der Waals surface area contributed by atoms with Gasteiger partial charge in [0, 0.05) is 6.42 Å². The van der Waals surface area contributed by atoms with E-state index in [0.29, 0.717) is 6.42 Å². The number of benzene rings is 2. The number of carboxylic acids is 1. The molecule has 0 saturated heterocycles. The summed E-state index contributed by atoms with van der Waals surface area (Å²) in [6.45, 7) is 1.64. The zero-order chi connectivity index (χ0) is 21.4. The summed E-state index contributed by atoms with van der Waals surface area (Å²) in [5.41, 5.74) is 1.51. The normalized spacial score (nSPS) is 11.7. The van der Waals surface area contributed by atoms with E-state index in [1.807, 2.05) is 24.3 Å². The van der Waals surface area contributed by atoms with E-state index in [2.05, 4.69) is 10.3 Å². The van der Waals surface area contributed by atoms with Crippen LogP contribution >= 0.6 is 0 Å². The van der Waals surface area contributed by atoms with Crippen molar-refractivity contribution in [3.63, 3.8) is 0 Å². The highest BCUT2D eigenvalue weighted by Gasteiger charge is 2.21. The third-order valence-electron chi connectivity index (χ3n) is 4.80. The van der Waals surface area contributed by atoms with Gasteiger partial charge in [0.2, 0.25) is 0 Å². The molecule has 0 bridgehead atoms. The average Bonchev–Trinajstić information content (AvgIpc) is 3.15. The maximum absolute atomic E-state index is 12.4. The highest BCUT2D eigenvalue weighted by Crippen LogP contribution is 2.18. The topological polar surface area (TPSA) is 110 Å². The van der Waals surface area contributed by atoms with E-state index >= 15 is 0 Å². The number of aromatic carboxylic acids is 1. The van der Waals surface area contributed by atoms with Gasteiger partial charge in [0.25, 0.3) is 0 Å². The minimum atomic E-state index is -3.60. The molecule has 0 aliphatic rings. The van der Waals surface area contributed by atoms with Crippen LogP contribution in [-0.2, 0) is 16.3 Å². The molecule has 0 aliphatic heterocycles. The molecule has 7 nitrogen and oxygen atoms in total. The van der Waals surface area contributed by atoms with E-state index in [1.165, 1.54) is 18.2 Å². The van der Waals surface area contributed by atoms with Crippen molar-refractivity contribution >= 4 is 26.9 Å². The number of aromatic nitrogens is 1. The predicted molar refractivity (Wildman–Crippen MR) is 115 cm³/mol. The van der Waals surface area contributed by atoms with Gasteiger partial charge in [0.05, 0.1) is 16.2 Å². The van der Waals surface area contributed by atoms with E-state index in [9.17, 15) is 13.2 Å². The molecule has 30 heavy (non-hydrogen) atoms. The number of unbranched alkanes of at least 4 members (excludes halogenated alkanes) is 2. The molecule has 1 heterocycles. The van der Waals surface area contributed by atoms with Crippen molar-refractivity contribution in [2.24, 2.45) is 0 Å². The predicted octanol–water partition coefficient (Wildman–Crippen LogP) is 3.69. The summed E-state index contributed by atoms with van der Waals surface area (Å²) < 4.78 is 30.6. The van der Waals surface area contributed by atoms with Crippen LogP contribution in [0, 0.1) is 0 Å². The fraction of sp³-hybridized carbons (Fsp3) is 0.364. The third-order valence-corrected chi connectivity index (χ3v) is 6.65. The Bertz CT molecular complexity index is 1060. The van der Waals surface area contributed by atoms with Gasteiger partial charge in [0.15, 0.2) is 21.3 Å². The first-order valence-electron chi connectivity index (χ1n) is 10.1. The van der Waals surface area contributed by atoms with E-state index in [1.54, 1.807) is 6.07 Å². The second-order valence-corrected chi connectivity index (χ2v) is 9.19. The molecule has 0 unspecified atom stereocenters. The van der Waals surface area contributed by atoms with Crippen LogP contribution in [0.3, 0.4) is 0 Å². The van der Waals surface area contributed by atoms with Gasteiger partial charge in [-0.05, 0) is 56.6 Å². The van der Waals surface area contributed by atoms with Gasteiger partial charge < -0.3 is 14.8 Å². The Morgan fingerprint density at radius 3 is 2.50 bits per heavy atom. The lowest BCUT2D eigenvalue weighted by atomic mass is 10.2. The van der Waals surface area contributed by atoms with Crippen molar-refractivity contribution < 1.29 is 22.7 Å². The quantitative estimate of drug-likeness (QED) is 0.422. The van der Waals surface area contributed by atoms with E-state index in [4.69, 9.17) is 9.52 Å². The summed E-state index contributed by atoms with van der Waals surface area (Å²) in [5.74, 6) is -0.532. The molecule has 0 spiro atoms. The van der Waals surface area contributed by atoms with Gasteiger partial charge in [-0.3, -0.25) is 0 Å². The van der Waals surface area contributed by atoms with Crippen molar-refractivity contribution in [3.05, 3.63) is 60.0 Å². The summed E-state index contributed by atoms with van der Waals surface area (Å²) in [5, 5.41) is 12.5. The molecule has 8 heteroatoms. The first kappa shape index (κ1) is 22.0. The molecule has 0 amide bonds. The Morgan fingerprint density at radius 1 is 0.967 bits per heavy atom. The highest BCUT2D eigenvalue weighted by atomic mass is 32.2.